The highest BCUT2D eigenvalue weighted by Crippen LogP contribution is 2.14. The molecule has 1 aromatic rings. The van der Waals surface area contributed by atoms with E-state index in [0.29, 0.717) is 6.42 Å². The zero-order valence-corrected chi connectivity index (χ0v) is 13.4. The minimum absolute atomic E-state index is 0.131. The molecule has 2 nitrogen and oxygen atoms in total. The number of nitrogens with two attached hydrogens (primary N) is 1. The molecule has 21 heavy (non-hydrogen) atoms. The molecular weight excluding hydrogens is 263 g/mol. The molecule has 0 aliphatic rings. The number of hydrazine groups is 1. The first-order valence-electron chi connectivity index (χ1n) is 8.47. The van der Waals surface area contributed by atoms with Crippen molar-refractivity contribution < 1.29 is 4.39 Å². The first-order chi connectivity index (χ1) is 10.3. The van der Waals surface area contributed by atoms with E-state index in [1.807, 2.05) is 12.1 Å². The van der Waals surface area contributed by atoms with E-state index in [1.165, 1.54) is 51.0 Å². The first kappa shape index (κ1) is 18.1. The number of hydrogen-bond donors (Lipinski definition) is 2. The van der Waals surface area contributed by atoms with Crippen LogP contribution in [0.25, 0.3) is 0 Å². The number of benzene rings is 1. The number of halogens is 1. The topological polar surface area (TPSA) is 38.0 Å². The summed E-state index contributed by atoms with van der Waals surface area (Å²) in [5.74, 6) is 5.46. The fourth-order valence-corrected chi connectivity index (χ4v) is 2.70. The van der Waals surface area contributed by atoms with Crippen LogP contribution in [-0.4, -0.2) is 6.04 Å². The molecule has 0 amide bonds. The van der Waals surface area contributed by atoms with E-state index < -0.39 is 0 Å². The van der Waals surface area contributed by atoms with Gasteiger partial charge in [0.2, 0.25) is 0 Å². The lowest BCUT2D eigenvalue weighted by Crippen LogP contribution is -2.36. The van der Waals surface area contributed by atoms with Crippen molar-refractivity contribution in [2.24, 2.45) is 5.84 Å². The second-order valence-electron chi connectivity index (χ2n) is 5.92. The maximum absolute atomic E-state index is 13.6. The van der Waals surface area contributed by atoms with Crippen LogP contribution >= 0.6 is 0 Å². The average molecular weight is 294 g/mol. The van der Waals surface area contributed by atoms with Gasteiger partial charge in [-0.15, -0.1) is 0 Å². The molecule has 0 aromatic heterocycles. The molecule has 0 bridgehead atoms. The van der Waals surface area contributed by atoms with Crippen LogP contribution in [0.4, 0.5) is 4.39 Å². The summed E-state index contributed by atoms with van der Waals surface area (Å²) < 4.78 is 13.6. The number of hydrogen-bond acceptors (Lipinski definition) is 2. The zero-order chi connectivity index (χ0) is 15.3. The van der Waals surface area contributed by atoms with Crippen LogP contribution in [-0.2, 0) is 6.42 Å². The average Bonchev–Trinajstić information content (AvgIpc) is 2.50. The zero-order valence-electron chi connectivity index (χ0n) is 13.4. The summed E-state index contributed by atoms with van der Waals surface area (Å²) in [6.07, 6.45) is 12.1. The lowest BCUT2D eigenvalue weighted by molar-refractivity contribution is 0.451. The molecule has 1 unspecified atom stereocenters. The van der Waals surface area contributed by atoms with Crippen molar-refractivity contribution in [3.05, 3.63) is 35.6 Å². The Morgan fingerprint density at radius 1 is 1.00 bits per heavy atom. The third-order valence-electron chi connectivity index (χ3n) is 4.07. The molecule has 3 N–H and O–H groups in total. The molecule has 1 aromatic carbocycles. The Hall–Kier alpha value is -0.930. The molecular formula is C18H31FN2. The van der Waals surface area contributed by atoms with Gasteiger partial charge in [-0.2, -0.15) is 0 Å². The second kappa shape index (κ2) is 11.7. The van der Waals surface area contributed by atoms with Crippen LogP contribution in [0, 0.1) is 5.82 Å². The van der Waals surface area contributed by atoms with Crippen LogP contribution in [0.1, 0.15) is 70.3 Å². The molecule has 0 spiro atoms. The summed E-state index contributed by atoms with van der Waals surface area (Å²) in [5.41, 5.74) is 3.58. The summed E-state index contributed by atoms with van der Waals surface area (Å²) in [4.78, 5) is 0. The van der Waals surface area contributed by atoms with Crippen molar-refractivity contribution in [3.8, 4) is 0 Å². The van der Waals surface area contributed by atoms with Gasteiger partial charge in [-0.25, -0.2) is 4.39 Å². The fourth-order valence-electron chi connectivity index (χ4n) is 2.70. The quantitative estimate of drug-likeness (QED) is 0.332. The van der Waals surface area contributed by atoms with E-state index in [1.54, 1.807) is 6.07 Å². The minimum atomic E-state index is -0.131. The number of unbranched alkanes of at least 4 members (excludes halogenated alkanes) is 7. The summed E-state index contributed by atoms with van der Waals surface area (Å²) >= 11 is 0. The Morgan fingerprint density at radius 2 is 1.62 bits per heavy atom. The smallest absolute Gasteiger partial charge is 0.126 e. The second-order valence-corrected chi connectivity index (χ2v) is 5.92. The molecule has 0 aliphatic carbocycles. The van der Waals surface area contributed by atoms with Crippen LogP contribution < -0.4 is 11.3 Å². The molecule has 3 heteroatoms. The van der Waals surface area contributed by atoms with Gasteiger partial charge in [-0.05, 0) is 24.5 Å². The lowest BCUT2D eigenvalue weighted by atomic mass is 9.99. The fraction of sp³-hybridized carbons (Fsp3) is 0.667. The lowest BCUT2D eigenvalue weighted by Gasteiger charge is -2.16. The van der Waals surface area contributed by atoms with Gasteiger partial charge in [0.1, 0.15) is 5.82 Å². The van der Waals surface area contributed by atoms with E-state index in [9.17, 15) is 4.39 Å². The van der Waals surface area contributed by atoms with Gasteiger partial charge in [0, 0.05) is 6.04 Å². The highest BCUT2D eigenvalue weighted by molar-refractivity contribution is 5.18. The van der Waals surface area contributed by atoms with E-state index in [2.05, 4.69) is 12.3 Å². The Morgan fingerprint density at radius 3 is 2.24 bits per heavy atom. The highest BCUT2D eigenvalue weighted by Gasteiger charge is 2.10. The van der Waals surface area contributed by atoms with Gasteiger partial charge >= 0.3 is 0 Å². The van der Waals surface area contributed by atoms with Crippen molar-refractivity contribution in [2.45, 2.75) is 77.2 Å². The van der Waals surface area contributed by atoms with Crippen molar-refractivity contribution in [2.75, 3.05) is 0 Å². The predicted octanol–water partition coefficient (Wildman–Crippen LogP) is 4.73. The Balaban J connectivity index is 2.13. The van der Waals surface area contributed by atoms with Crippen LogP contribution in [0.5, 0.6) is 0 Å². The van der Waals surface area contributed by atoms with Crippen LogP contribution in [0.15, 0.2) is 24.3 Å². The van der Waals surface area contributed by atoms with E-state index in [4.69, 9.17) is 5.84 Å². The van der Waals surface area contributed by atoms with E-state index >= 15 is 0 Å². The Kier molecular flexibility index (Phi) is 10.1. The molecule has 0 fully saturated rings. The molecule has 0 aliphatic heterocycles. The van der Waals surface area contributed by atoms with E-state index in [0.717, 1.165) is 18.4 Å². The van der Waals surface area contributed by atoms with E-state index in [-0.39, 0.29) is 11.9 Å². The summed E-state index contributed by atoms with van der Waals surface area (Å²) in [5, 5.41) is 0. The number of rotatable bonds is 12. The Bertz CT molecular complexity index is 368. The molecule has 0 radical (unpaired) electrons. The van der Waals surface area contributed by atoms with Gasteiger partial charge in [-0.3, -0.25) is 11.3 Å². The van der Waals surface area contributed by atoms with Crippen molar-refractivity contribution in [1.29, 1.82) is 0 Å². The first-order valence-corrected chi connectivity index (χ1v) is 8.47. The molecule has 1 rings (SSSR count). The molecule has 120 valence electrons. The van der Waals surface area contributed by atoms with Gasteiger partial charge in [-0.1, -0.05) is 76.5 Å². The third-order valence-corrected chi connectivity index (χ3v) is 4.07. The Labute approximate surface area is 129 Å². The van der Waals surface area contributed by atoms with Gasteiger partial charge in [0.25, 0.3) is 0 Å². The molecule has 1 atom stereocenters. The summed E-state index contributed by atoms with van der Waals surface area (Å²) in [6, 6.07) is 7.12. The monoisotopic (exact) mass is 294 g/mol. The maximum Gasteiger partial charge on any atom is 0.126 e. The third kappa shape index (κ3) is 8.18. The summed E-state index contributed by atoms with van der Waals surface area (Å²) in [7, 11) is 0. The van der Waals surface area contributed by atoms with Gasteiger partial charge < -0.3 is 0 Å². The minimum Gasteiger partial charge on any atom is -0.271 e. The highest BCUT2D eigenvalue weighted by atomic mass is 19.1. The van der Waals surface area contributed by atoms with Gasteiger partial charge in [0.05, 0.1) is 0 Å². The standard InChI is InChI=1S/C18H31FN2/c1-2-3-4-5-6-7-8-9-13-17(21-20)15-16-12-10-11-14-18(16)19/h10-12,14,17,21H,2-9,13,15,20H2,1H3. The molecule has 0 saturated heterocycles. The van der Waals surface area contributed by atoms with Crippen molar-refractivity contribution in [1.82, 2.24) is 5.43 Å². The van der Waals surface area contributed by atoms with Crippen LogP contribution in [0.2, 0.25) is 0 Å². The number of nitrogens with one attached hydrogen (secondary N) is 1. The van der Waals surface area contributed by atoms with Crippen molar-refractivity contribution in [3.63, 3.8) is 0 Å². The largest absolute Gasteiger partial charge is 0.271 e. The summed E-state index contributed by atoms with van der Waals surface area (Å²) in [6.45, 7) is 2.25. The molecule has 0 saturated carbocycles. The predicted molar refractivity (Wildman–Crippen MR) is 88.4 cm³/mol. The normalized spacial score (nSPS) is 12.5. The van der Waals surface area contributed by atoms with Gasteiger partial charge in [0.15, 0.2) is 0 Å². The SMILES string of the molecule is CCCCCCCCCCC(Cc1ccccc1F)NN. The van der Waals surface area contributed by atoms with Crippen LogP contribution in [0.3, 0.4) is 0 Å². The maximum atomic E-state index is 13.6. The molecule has 0 heterocycles. The van der Waals surface area contributed by atoms with Crippen molar-refractivity contribution >= 4 is 0 Å².